The molecule has 0 saturated carbocycles. The SMILES string of the molecule is COC(=O)c1ccc(-c2cc(C=CC(=O)Nc3ccc(OC)cc3)cc3c2OC(C)(C)C=C3)cc1. The number of hydrogen-bond acceptors (Lipinski definition) is 5. The van der Waals surface area contributed by atoms with E-state index in [1.54, 1.807) is 49.6 Å². The molecular weight excluding hydrogens is 442 g/mol. The third-order valence-corrected chi connectivity index (χ3v) is 5.57. The minimum atomic E-state index is -0.455. The molecule has 0 unspecified atom stereocenters. The Balaban J connectivity index is 1.64. The Hall–Kier alpha value is -4.32. The summed E-state index contributed by atoms with van der Waals surface area (Å²) in [6, 6.07) is 18.3. The summed E-state index contributed by atoms with van der Waals surface area (Å²) >= 11 is 0. The molecule has 0 aromatic heterocycles. The van der Waals surface area contributed by atoms with Crippen LogP contribution in [-0.4, -0.2) is 31.7 Å². The van der Waals surface area contributed by atoms with Gasteiger partial charge in [0.05, 0.1) is 19.8 Å². The highest BCUT2D eigenvalue weighted by atomic mass is 16.5. The molecule has 0 spiro atoms. The number of nitrogens with one attached hydrogen (secondary N) is 1. The lowest BCUT2D eigenvalue weighted by Gasteiger charge is -2.30. The van der Waals surface area contributed by atoms with E-state index in [1.807, 2.05) is 50.3 Å². The van der Waals surface area contributed by atoms with Gasteiger partial charge in [-0.3, -0.25) is 4.79 Å². The zero-order valence-corrected chi connectivity index (χ0v) is 20.1. The Kier molecular flexibility index (Phi) is 6.73. The third kappa shape index (κ3) is 5.61. The van der Waals surface area contributed by atoms with Gasteiger partial charge in [-0.25, -0.2) is 4.79 Å². The molecule has 6 heteroatoms. The molecule has 0 saturated heterocycles. The maximum atomic E-state index is 12.5. The van der Waals surface area contributed by atoms with Gasteiger partial charge >= 0.3 is 5.97 Å². The predicted octanol–water partition coefficient (Wildman–Crippen LogP) is 5.98. The van der Waals surface area contributed by atoms with Crippen LogP contribution in [0.1, 0.15) is 35.3 Å². The lowest BCUT2D eigenvalue weighted by atomic mass is 9.93. The Morgan fingerprint density at radius 3 is 2.34 bits per heavy atom. The molecule has 6 nitrogen and oxygen atoms in total. The molecule has 0 atom stereocenters. The van der Waals surface area contributed by atoms with Crippen LogP contribution in [0.2, 0.25) is 0 Å². The standard InChI is InChI=1S/C29H27NO5/c1-29(2)16-15-22-17-19(5-14-26(31)30-23-10-12-24(33-3)13-11-23)18-25(27(22)35-29)20-6-8-21(9-7-20)28(32)34-4/h5-18H,1-4H3,(H,30,31). The molecule has 0 radical (unpaired) electrons. The summed E-state index contributed by atoms with van der Waals surface area (Å²) < 4.78 is 16.2. The quantitative estimate of drug-likeness (QED) is 0.355. The van der Waals surface area contributed by atoms with Gasteiger partial charge in [-0.15, -0.1) is 0 Å². The van der Waals surface area contributed by atoms with Gasteiger partial charge in [0.15, 0.2) is 0 Å². The van der Waals surface area contributed by atoms with Crippen molar-refractivity contribution in [1.29, 1.82) is 0 Å². The van der Waals surface area contributed by atoms with Crippen LogP contribution >= 0.6 is 0 Å². The van der Waals surface area contributed by atoms with Crippen molar-refractivity contribution in [2.24, 2.45) is 0 Å². The highest BCUT2D eigenvalue weighted by Crippen LogP contribution is 2.41. The van der Waals surface area contributed by atoms with Gasteiger partial charge in [0, 0.05) is 22.9 Å². The van der Waals surface area contributed by atoms with Crippen LogP contribution in [0, 0.1) is 0 Å². The molecule has 1 aliphatic heterocycles. The Labute approximate surface area is 204 Å². The monoisotopic (exact) mass is 469 g/mol. The van der Waals surface area contributed by atoms with E-state index in [0.29, 0.717) is 11.3 Å². The van der Waals surface area contributed by atoms with Crippen molar-refractivity contribution in [2.45, 2.75) is 19.4 Å². The first kappa shape index (κ1) is 23.8. The first-order chi connectivity index (χ1) is 16.8. The van der Waals surface area contributed by atoms with E-state index in [-0.39, 0.29) is 5.91 Å². The molecule has 3 aromatic carbocycles. The number of hydrogen-bond donors (Lipinski definition) is 1. The summed E-state index contributed by atoms with van der Waals surface area (Å²) in [5.74, 6) is 0.838. The Bertz CT molecular complexity index is 1300. The van der Waals surface area contributed by atoms with Gasteiger partial charge in [-0.2, -0.15) is 0 Å². The van der Waals surface area contributed by atoms with E-state index in [1.165, 1.54) is 13.2 Å². The summed E-state index contributed by atoms with van der Waals surface area (Å²) in [5, 5.41) is 2.84. The smallest absolute Gasteiger partial charge is 0.337 e. The molecule has 0 fully saturated rings. The van der Waals surface area contributed by atoms with Crippen LogP contribution in [0.3, 0.4) is 0 Å². The number of methoxy groups -OCH3 is 2. The minimum absolute atomic E-state index is 0.246. The highest BCUT2D eigenvalue weighted by molar-refractivity contribution is 6.02. The van der Waals surface area contributed by atoms with Gasteiger partial charge in [-0.1, -0.05) is 18.2 Å². The summed E-state index contributed by atoms with van der Waals surface area (Å²) in [7, 11) is 2.95. The summed E-state index contributed by atoms with van der Waals surface area (Å²) in [6.07, 6.45) is 7.29. The molecule has 1 amide bonds. The molecule has 0 bridgehead atoms. The van der Waals surface area contributed by atoms with Crippen molar-refractivity contribution in [3.8, 4) is 22.6 Å². The summed E-state index contributed by atoms with van der Waals surface area (Å²) in [6.45, 7) is 3.99. The third-order valence-electron chi connectivity index (χ3n) is 5.57. The number of fused-ring (bicyclic) bond motifs is 1. The first-order valence-corrected chi connectivity index (χ1v) is 11.2. The molecule has 35 heavy (non-hydrogen) atoms. The van der Waals surface area contributed by atoms with Crippen LogP contribution in [0.15, 0.2) is 72.8 Å². The normalized spacial score (nSPS) is 13.6. The topological polar surface area (TPSA) is 73.9 Å². The fourth-order valence-corrected chi connectivity index (χ4v) is 3.74. The van der Waals surface area contributed by atoms with Gasteiger partial charge < -0.3 is 19.5 Å². The zero-order chi connectivity index (χ0) is 25.0. The maximum Gasteiger partial charge on any atom is 0.337 e. The minimum Gasteiger partial charge on any atom is -0.497 e. The van der Waals surface area contributed by atoms with Crippen molar-refractivity contribution in [1.82, 2.24) is 0 Å². The van der Waals surface area contributed by atoms with Crippen LogP contribution < -0.4 is 14.8 Å². The Morgan fingerprint density at radius 1 is 0.971 bits per heavy atom. The van der Waals surface area contributed by atoms with Gasteiger partial charge in [0.2, 0.25) is 5.91 Å². The van der Waals surface area contributed by atoms with E-state index in [4.69, 9.17) is 14.2 Å². The number of rotatable bonds is 6. The molecule has 1 heterocycles. The average Bonchev–Trinajstić information content (AvgIpc) is 2.87. The molecule has 0 aliphatic carbocycles. The van der Waals surface area contributed by atoms with Gasteiger partial charge in [0.1, 0.15) is 17.1 Å². The first-order valence-electron chi connectivity index (χ1n) is 11.2. The van der Waals surface area contributed by atoms with E-state index in [0.717, 1.165) is 33.8 Å². The van der Waals surface area contributed by atoms with Crippen LogP contribution in [0.25, 0.3) is 23.3 Å². The van der Waals surface area contributed by atoms with Crippen molar-refractivity contribution < 1.29 is 23.8 Å². The molecule has 1 N–H and O–H groups in total. The molecule has 3 aromatic rings. The van der Waals surface area contributed by atoms with E-state index in [2.05, 4.69) is 5.32 Å². The van der Waals surface area contributed by atoms with Gasteiger partial charge in [0.25, 0.3) is 0 Å². The highest BCUT2D eigenvalue weighted by Gasteiger charge is 2.25. The molecule has 178 valence electrons. The van der Waals surface area contributed by atoms with Crippen molar-refractivity contribution >= 4 is 29.7 Å². The number of carbonyl (C=O) groups excluding carboxylic acids is 2. The van der Waals surface area contributed by atoms with E-state index >= 15 is 0 Å². The number of ether oxygens (including phenoxy) is 3. The molecule has 4 rings (SSSR count). The fourth-order valence-electron chi connectivity index (χ4n) is 3.74. The van der Waals surface area contributed by atoms with Gasteiger partial charge in [-0.05, 0) is 85.7 Å². The second-order valence-electron chi connectivity index (χ2n) is 8.65. The fraction of sp³-hybridized carbons (Fsp3) is 0.172. The number of anilines is 1. The zero-order valence-electron chi connectivity index (χ0n) is 20.1. The maximum absolute atomic E-state index is 12.5. The number of amides is 1. The predicted molar refractivity (Wildman–Crippen MR) is 138 cm³/mol. The number of esters is 1. The van der Waals surface area contributed by atoms with Crippen molar-refractivity contribution in [3.05, 3.63) is 89.5 Å². The van der Waals surface area contributed by atoms with E-state index < -0.39 is 11.6 Å². The van der Waals surface area contributed by atoms with Crippen molar-refractivity contribution in [3.63, 3.8) is 0 Å². The largest absolute Gasteiger partial charge is 0.497 e. The average molecular weight is 470 g/mol. The summed E-state index contributed by atoms with van der Waals surface area (Å²) in [4.78, 5) is 24.3. The summed E-state index contributed by atoms with van der Waals surface area (Å²) in [5.41, 5.74) is 4.20. The van der Waals surface area contributed by atoms with Crippen LogP contribution in [0.4, 0.5) is 5.69 Å². The lowest BCUT2D eigenvalue weighted by Crippen LogP contribution is -2.27. The molecule has 1 aliphatic rings. The van der Waals surface area contributed by atoms with Crippen molar-refractivity contribution in [2.75, 3.05) is 19.5 Å². The van der Waals surface area contributed by atoms with Crippen LogP contribution in [0.5, 0.6) is 11.5 Å². The molecular formula is C29H27NO5. The number of carbonyl (C=O) groups is 2. The second kappa shape index (κ2) is 9.89. The lowest BCUT2D eigenvalue weighted by molar-refractivity contribution is -0.111. The van der Waals surface area contributed by atoms with E-state index in [9.17, 15) is 9.59 Å². The Morgan fingerprint density at radius 2 is 1.69 bits per heavy atom. The number of benzene rings is 3. The second-order valence-corrected chi connectivity index (χ2v) is 8.65. The van der Waals surface area contributed by atoms with Crippen LogP contribution in [-0.2, 0) is 9.53 Å².